The third-order valence-electron chi connectivity index (χ3n) is 5.43. The predicted molar refractivity (Wildman–Crippen MR) is 131 cm³/mol. The summed E-state index contributed by atoms with van der Waals surface area (Å²) in [6.07, 6.45) is 1.54. The van der Waals surface area contributed by atoms with Gasteiger partial charge in [0.15, 0.2) is 5.82 Å². The van der Waals surface area contributed by atoms with Crippen LogP contribution in [0.15, 0.2) is 90.1 Å². The van der Waals surface area contributed by atoms with Gasteiger partial charge in [0.25, 0.3) is 15.9 Å². The number of sulfonamides is 1. The van der Waals surface area contributed by atoms with E-state index in [1.54, 1.807) is 55.1 Å². The minimum absolute atomic E-state index is 0.00978. The van der Waals surface area contributed by atoms with Crippen LogP contribution in [-0.2, 0) is 30.2 Å². The molecule has 9 nitrogen and oxygen atoms in total. The second-order valence-corrected chi connectivity index (χ2v) is 9.63. The lowest BCUT2D eigenvalue weighted by molar-refractivity contribution is 0.0949. The van der Waals surface area contributed by atoms with Crippen LogP contribution in [0.5, 0.6) is 5.75 Å². The van der Waals surface area contributed by atoms with Crippen LogP contribution < -0.4 is 14.4 Å². The molecule has 0 saturated carbocycles. The molecule has 0 unspecified atom stereocenters. The molecule has 0 atom stereocenters. The molecule has 0 aliphatic rings. The molecule has 35 heavy (non-hydrogen) atoms. The molecular formula is C25H25N5O4S. The van der Waals surface area contributed by atoms with E-state index in [4.69, 9.17) is 4.74 Å². The Kier molecular flexibility index (Phi) is 7.11. The lowest BCUT2D eigenvalue weighted by Crippen LogP contribution is -2.31. The Morgan fingerprint density at radius 3 is 2.43 bits per heavy atom. The number of hydrogen-bond donors (Lipinski definition) is 1. The Morgan fingerprint density at radius 2 is 1.77 bits per heavy atom. The van der Waals surface area contributed by atoms with Gasteiger partial charge in [-0.2, -0.15) is 0 Å². The largest absolute Gasteiger partial charge is 0.497 e. The molecule has 0 saturated heterocycles. The number of hydrogen-bond acceptors (Lipinski definition) is 6. The third-order valence-corrected chi connectivity index (χ3v) is 7.20. The third kappa shape index (κ3) is 5.49. The second-order valence-electron chi connectivity index (χ2n) is 7.76. The van der Waals surface area contributed by atoms with E-state index in [9.17, 15) is 13.2 Å². The highest BCUT2D eigenvalue weighted by atomic mass is 32.2. The van der Waals surface area contributed by atoms with E-state index in [0.717, 1.165) is 5.56 Å². The van der Waals surface area contributed by atoms with Crippen molar-refractivity contribution in [2.45, 2.75) is 18.0 Å². The normalized spacial score (nSPS) is 11.1. The van der Waals surface area contributed by atoms with Gasteiger partial charge in [0.1, 0.15) is 12.1 Å². The molecule has 0 spiro atoms. The van der Waals surface area contributed by atoms with Crippen molar-refractivity contribution in [2.24, 2.45) is 7.05 Å². The van der Waals surface area contributed by atoms with E-state index in [-0.39, 0.29) is 23.5 Å². The van der Waals surface area contributed by atoms with Gasteiger partial charge in [-0.1, -0.05) is 36.4 Å². The summed E-state index contributed by atoms with van der Waals surface area (Å²) in [4.78, 5) is 12.8. The highest BCUT2D eigenvalue weighted by Gasteiger charge is 2.26. The lowest BCUT2D eigenvalue weighted by Gasteiger charge is -2.25. The van der Waals surface area contributed by atoms with Gasteiger partial charge in [0, 0.05) is 12.6 Å². The molecule has 1 aromatic heterocycles. The highest BCUT2D eigenvalue weighted by Crippen LogP contribution is 2.28. The van der Waals surface area contributed by atoms with Crippen LogP contribution in [0.25, 0.3) is 0 Å². The Hall–Kier alpha value is -4.18. The van der Waals surface area contributed by atoms with E-state index < -0.39 is 15.9 Å². The molecule has 180 valence electrons. The van der Waals surface area contributed by atoms with Crippen LogP contribution in [0.1, 0.15) is 21.7 Å². The molecule has 0 radical (unpaired) electrons. The van der Waals surface area contributed by atoms with E-state index in [2.05, 4.69) is 15.5 Å². The Morgan fingerprint density at radius 1 is 1.03 bits per heavy atom. The number of nitrogens with one attached hydrogen (secondary N) is 1. The van der Waals surface area contributed by atoms with Crippen molar-refractivity contribution in [2.75, 3.05) is 11.4 Å². The first-order valence-electron chi connectivity index (χ1n) is 10.8. The summed E-state index contributed by atoms with van der Waals surface area (Å²) in [7, 11) is -0.684. The molecule has 1 amide bonds. The van der Waals surface area contributed by atoms with Gasteiger partial charge in [-0.15, -0.1) is 10.2 Å². The van der Waals surface area contributed by atoms with E-state index in [1.807, 2.05) is 30.3 Å². The molecule has 4 rings (SSSR count). The van der Waals surface area contributed by atoms with Gasteiger partial charge in [-0.3, -0.25) is 9.10 Å². The Balaban J connectivity index is 1.64. The topological polar surface area (TPSA) is 106 Å². The van der Waals surface area contributed by atoms with Crippen molar-refractivity contribution >= 4 is 21.6 Å². The first kappa shape index (κ1) is 24.0. The van der Waals surface area contributed by atoms with Crippen LogP contribution in [0.2, 0.25) is 0 Å². The van der Waals surface area contributed by atoms with Gasteiger partial charge in [0.05, 0.1) is 30.8 Å². The van der Waals surface area contributed by atoms with Gasteiger partial charge >= 0.3 is 0 Å². The summed E-state index contributed by atoms with van der Waals surface area (Å²) < 4.78 is 35.8. The summed E-state index contributed by atoms with van der Waals surface area (Å²) in [5.74, 6) is 0.784. The van der Waals surface area contributed by atoms with Crippen molar-refractivity contribution in [3.05, 3.63) is 102 Å². The fraction of sp³-hybridized carbons (Fsp3) is 0.160. The van der Waals surface area contributed by atoms with Gasteiger partial charge in [-0.05, 0) is 48.0 Å². The number of amides is 1. The maximum Gasteiger partial charge on any atom is 0.264 e. The van der Waals surface area contributed by atoms with Gasteiger partial charge < -0.3 is 14.6 Å². The van der Waals surface area contributed by atoms with Crippen LogP contribution in [0.4, 0.5) is 5.69 Å². The van der Waals surface area contributed by atoms with Crippen LogP contribution in [-0.4, -0.2) is 36.2 Å². The smallest absolute Gasteiger partial charge is 0.264 e. The maximum absolute atomic E-state index is 13.8. The fourth-order valence-electron chi connectivity index (χ4n) is 3.47. The summed E-state index contributed by atoms with van der Waals surface area (Å²) in [6.45, 7) is 0.288. The number of aromatic nitrogens is 3. The molecule has 0 bridgehead atoms. The van der Waals surface area contributed by atoms with Crippen LogP contribution >= 0.6 is 0 Å². The minimum atomic E-state index is -4.01. The molecule has 3 aromatic carbocycles. The quantitative estimate of drug-likeness (QED) is 0.386. The first-order valence-corrected chi connectivity index (χ1v) is 12.2. The minimum Gasteiger partial charge on any atom is -0.497 e. The lowest BCUT2D eigenvalue weighted by atomic mass is 10.2. The van der Waals surface area contributed by atoms with Crippen molar-refractivity contribution in [3.63, 3.8) is 0 Å². The summed E-state index contributed by atoms with van der Waals surface area (Å²) in [5.41, 5.74) is 1.53. The molecule has 4 aromatic rings. The van der Waals surface area contributed by atoms with Crippen molar-refractivity contribution in [3.8, 4) is 5.75 Å². The standard InChI is InChI=1S/C25H25N5O4S/c1-29-18-27-28-24(29)16-26-25(31)20-9-6-10-23(15-20)35(32,33)30(17-19-7-4-3-5-8-19)21-11-13-22(34-2)14-12-21/h3-15,18H,16-17H2,1-2H3,(H,26,31). The monoisotopic (exact) mass is 491 g/mol. The molecule has 10 heteroatoms. The van der Waals surface area contributed by atoms with E-state index >= 15 is 0 Å². The van der Waals surface area contributed by atoms with E-state index in [0.29, 0.717) is 17.3 Å². The molecular weight excluding hydrogens is 466 g/mol. The zero-order valence-corrected chi connectivity index (χ0v) is 20.1. The zero-order chi connectivity index (χ0) is 24.8. The number of anilines is 1. The SMILES string of the molecule is COc1ccc(N(Cc2ccccc2)S(=O)(=O)c2cccc(C(=O)NCc3nncn3C)c2)cc1. The number of ether oxygens (including phenoxy) is 1. The van der Waals surface area contributed by atoms with E-state index in [1.165, 1.54) is 22.8 Å². The second kappa shape index (κ2) is 10.4. The number of rotatable bonds is 9. The molecule has 1 N–H and O–H groups in total. The summed E-state index contributed by atoms with van der Waals surface area (Å²) in [5, 5.41) is 10.5. The van der Waals surface area contributed by atoms with Crippen molar-refractivity contribution < 1.29 is 17.9 Å². The van der Waals surface area contributed by atoms with Crippen LogP contribution in [0, 0.1) is 0 Å². The Labute approximate surface area is 204 Å². The highest BCUT2D eigenvalue weighted by molar-refractivity contribution is 7.92. The first-order chi connectivity index (χ1) is 16.9. The molecule has 0 aliphatic heterocycles. The predicted octanol–water partition coefficient (Wildman–Crippen LogP) is 3.15. The number of methoxy groups -OCH3 is 1. The maximum atomic E-state index is 13.8. The summed E-state index contributed by atoms with van der Waals surface area (Å²) in [6, 6.07) is 22.1. The number of benzene rings is 3. The number of carbonyl (C=O) groups is 1. The van der Waals surface area contributed by atoms with Crippen molar-refractivity contribution in [1.29, 1.82) is 0 Å². The van der Waals surface area contributed by atoms with Gasteiger partial charge in [-0.25, -0.2) is 8.42 Å². The number of carbonyl (C=O) groups excluding carboxylic acids is 1. The number of aryl methyl sites for hydroxylation is 1. The number of nitrogens with zero attached hydrogens (tertiary/aromatic N) is 4. The molecule has 0 aliphatic carbocycles. The zero-order valence-electron chi connectivity index (χ0n) is 19.3. The average molecular weight is 492 g/mol. The Bertz CT molecular complexity index is 1400. The molecule has 1 heterocycles. The van der Waals surface area contributed by atoms with Crippen LogP contribution in [0.3, 0.4) is 0 Å². The average Bonchev–Trinajstić information content (AvgIpc) is 3.31. The van der Waals surface area contributed by atoms with Crippen molar-refractivity contribution in [1.82, 2.24) is 20.1 Å². The summed E-state index contributed by atoms with van der Waals surface area (Å²) >= 11 is 0. The fourth-order valence-corrected chi connectivity index (χ4v) is 4.97. The van der Waals surface area contributed by atoms with Gasteiger partial charge in [0.2, 0.25) is 0 Å². The molecule has 0 fully saturated rings.